The second kappa shape index (κ2) is 5.96. The fourth-order valence-electron chi connectivity index (χ4n) is 3.19. The van der Waals surface area contributed by atoms with E-state index in [-0.39, 0.29) is 0 Å². The van der Waals surface area contributed by atoms with E-state index >= 15 is 0 Å². The van der Waals surface area contributed by atoms with Crippen LogP contribution in [0.1, 0.15) is 24.1 Å². The van der Waals surface area contributed by atoms with Crippen LogP contribution in [0.15, 0.2) is 30.6 Å². The molecule has 6 nitrogen and oxygen atoms in total. The van der Waals surface area contributed by atoms with Crippen LogP contribution in [0.3, 0.4) is 0 Å². The number of hydrogen-bond acceptors (Lipinski definition) is 5. The Morgan fingerprint density at radius 2 is 2.00 bits per heavy atom. The van der Waals surface area contributed by atoms with E-state index in [1.165, 1.54) is 24.1 Å². The van der Waals surface area contributed by atoms with Gasteiger partial charge in [0.1, 0.15) is 5.82 Å². The number of anilines is 1. The van der Waals surface area contributed by atoms with Crippen LogP contribution < -0.4 is 11.1 Å². The highest BCUT2D eigenvalue weighted by molar-refractivity contribution is 5.66. The molecular formula is C17H20N6. The highest BCUT2D eigenvalue weighted by Gasteiger charge is 2.19. The van der Waals surface area contributed by atoms with Crippen LogP contribution in [0.4, 0.5) is 5.82 Å². The third kappa shape index (κ3) is 2.55. The standard InChI is InChI=1S/C17H20N6/c18-7-10-20-17-13-3-1-2-4-14(13)21-16-11-15(22-23(16)17)12-5-8-19-9-6-12/h5-6,8-9,11,20H,1-4,7,10,18H2. The van der Waals surface area contributed by atoms with Gasteiger partial charge in [-0.25, -0.2) is 4.98 Å². The van der Waals surface area contributed by atoms with Crippen LogP contribution in [-0.4, -0.2) is 32.7 Å². The summed E-state index contributed by atoms with van der Waals surface area (Å²) in [6, 6.07) is 5.97. The van der Waals surface area contributed by atoms with Crippen LogP contribution in [0.5, 0.6) is 0 Å². The highest BCUT2D eigenvalue weighted by Crippen LogP contribution is 2.29. The Labute approximate surface area is 134 Å². The highest BCUT2D eigenvalue weighted by atomic mass is 15.3. The van der Waals surface area contributed by atoms with Gasteiger partial charge >= 0.3 is 0 Å². The molecule has 3 aromatic rings. The first-order valence-corrected chi connectivity index (χ1v) is 8.12. The zero-order valence-electron chi connectivity index (χ0n) is 13.0. The number of nitrogens with zero attached hydrogens (tertiary/aromatic N) is 4. The molecule has 118 valence electrons. The van der Waals surface area contributed by atoms with Crippen molar-refractivity contribution in [1.82, 2.24) is 19.6 Å². The monoisotopic (exact) mass is 308 g/mol. The number of nitrogens with one attached hydrogen (secondary N) is 1. The number of nitrogens with two attached hydrogens (primary N) is 1. The second-order valence-corrected chi connectivity index (χ2v) is 5.84. The van der Waals surface area contributed by atoms with Crippen LogP contribution in [0, 0.1) is 0 Å². The van der Waals surface area contributed by atoms with Gasteiger partial charge in [0.15, 0.2) is 5.65 Å². The fourth-order valence-corrected chi connectivity index (χ4v) is 3.19. The van der Waals surface area contributed by atoms with E-state index in [9.17, 15) is 0 Å². The summed E-state index contributed by atoms with van der Waals surface area (Å²) in [5.41, 5.74) is 11.0. The number of aryl methyl sites for hydroxylation is 1. The molecule has 0 unspecified atom stereocenters. The molecule has 6 heteroatoms. The van der Waals surface area contributed by atoms with Crippen molar-refractivity contribution in [2.45, 2.75) is 25.7 Å². The van der Waals surface area contributed by atoms with Gasteiger partial charge in [-0.2, -0.15) is 9.61 Å². The van der Waals surface area contributed by atoms with E-state index in [0.717, 1.165) is 42.1 Å². The van der Waals surface area contributed by atoms with E-state index in [1.807, 2.05) is 22.7 Å². The minimum atomic E-state index is 0.594. The molecule has 4 rings (SSSR count). The predicted molar refractivity (Wildman–Crippen MR) is 90.4 cm³/mol. The van der Waals surface area contributed by atoms with Gasteiger partial charge in [-0.1, -0.05) is 0 Å². The fraction of sp³-hybridized carbons (Fsp3) is 0.353. The van der Waals surface area contributed by atoms with Crippen LogP contribution in [-0.2, 0) is 12.8 Å². The first kappa shape index (κ1) is 14.1. The van der Waals surface area contributed by atoms with Crippen molar-refractivity contribution >= 4 is 11.5 Å². The number of pyridine rings is 1. The summed E-state index contributed by atoms with van der Waals surface area (Å²) in [4.78, 5) is 8.91. The van der Waals surface area contributed by atoms with E-state index in [0.29, 0.717) is 6.54 Å². The molecule has 3 aromatic heterocycles. The van der Waals surface area contributed by atoms with Crippen molar-refractivity contribution in [2.24, 2.45) is 5.73 Å². The molecule has 0 fully saturated rings. The van der Waals surface area contributed by atoms with Gasteiger partial charge in [-0.3, -0.25) is 4.98 Å². The van der Waals surface area contributed by atoms with Crippen molar-refractivity contribution in [3.63, 3.8) is 0 Å². The summed E-state index contributed by atoms with van der Waals surface area (Å²) < 4.78 is 1.93. The molecule has 0 aromatic carbocycles. The Morgan fingerprint density at radius 3 is 2.83 bits per heavy atom. The van der Waals surface area contributed by atoms with E-state index in [2.05, 4.69) is 10.3 Å². The Hall–Kier alpha value is -2.47. The molecular weight excluding hydrogens is 288 g/mol. The number of aromatic nitrogens is 4. The zero-order valence-corrected chi connectivity index (χ0v) is 13.0. The van der Waals surface area contributed by atoms with Crippen molar-refractivity contribution < 1.29 is 0 Å². The maximum absolute atomic E-state index is 5.68. The summed E-state index contributed by atoms with van der Waals surface area (Å²) >= 11 is 0. The van der Waals surface area contributed by atoms with Gasteiger partial charge in [0.2, 0.25) is 0 Å². The van der Waals surface area contributed by atoms with Gasteiger partial charge < -0.3 is 11.1 Å². The largest absolute Gasteiger partial charge is 0.368 e. The average molecular weight is 308 g/mol. The molecule has 0 saturated heterocycles. The van der Waals surface area contributed by atoms with Gasteiger partial charge in [0.05, 0.1) is 5.69 Å². The summed E-state index contributed by atoms with van der Waals surface area (Å²) in [5, 5.41) is 8.22. The number of fused-ring (bicyclic) bond motifs is 2. The van der Waals surface area contributed by atoms with Crippen LogP contribution >= 0.6 is 0 Å². The molecule has 0 bridgehead atoms. The Bertz CT molecular complexity index is 824. The molecule has 1 aliphatic rings. The Balaban J connectivity index is 1.89. The molecule has 0 radical (unpaired) electrons. The third-order valence-corrected chi connectivity index (χ3v) is 4.29. The van der Waals surface area contributed by atoms with Crippen molar-refractivity contribution in [3.05, 3.63) is 41.9 Å². The molecule has 0 spiro atoms. The minimum Gasteiger partial charge on any atom is -0.368 e. The lowest BCUT2D eigenvalue weighted by Crippen LogP contribution is -2.19. The zero-order chi connectivity index (χ0) is 15.6. The van der Waals surface area contributed by atoms with E-state index < -0.39 is 0 Å². The predicted octanol–water partition coefficient (Wildman–Crippen LogP) is 2.04. The molecule has 1 aliphatic carbocycles. The molecule has 0 atom stereocenters. The first-order chi connectivity index (χ1) is 11.4. The molecule has 23 heavy (non-hydrogen) atoms. The normalized spacial score (nSPS) is 14.0. The number of rotatable bonds is 4. The quantitative estimate of drug-likeness (QED) is 0.771. The summed E-state index contributed by atoms with van der Waals surface area (Å²) in [6.45, 7) is 1.33. The maximum atomic E-state index is 5.68. The summed E-state index contributed by atoms with van der Waals surface area (Å²) in [7, 11) is 0. The van der Waals surface area contributed by atoms with Gasteiger partial charge in [-0.05, 0) is 37.8 Å². The second-order valence-electron chi connectivity index (χ2n) is 5.84. The molecule has 3 heterocycles. The van der Waals surface area contributed by atoms with Gasteiger partial charge in [-0.15, -0.1) is 0 Å². The summed E-state index contributed by atoms with van der Waals surface area (Å²) in [6.07, 6.45) is 8.07. The average Bonchev–Trinajstić information content (AvgIpc) is 3.03. The van der Waals surface area contributed by atoms with E-state index in [4.69, 9.17) is 15.8 Å². The maximum Gasteiger partial charge on any atom is 0.158 e. The van der Waals surface area contributed by atoms with Crippen LogP contribution in [0.25, 0.3) is 16.9 Å². The van der Waals surface area contributed by atoms with Gasteiger partial charge in [0.25, 0.3) is 0 Å². The Kier molecular flexibility index (Phi) is 3.67. The van der Waals surface area contributed by atoms with E-state index in [1.54, 1.807) is 12.4 Å². The van der Waals surface area contributed by atoms with Crippen molar-refractivity contribution in [1.29, 1.82) is 0 Å². The first-order valence-electron chi connectivity index (χ1n) is 8.12. The van der Waals surface area contributed by atoms with Crippen molar-refractivity contribution in [3.8, 4) is 11.3 Å². The SMILES string of the molecule is NCCNc1c2c(nc3cc(-c4ccncc4)nn13)CCCC2. The third-order valence-electron chi connectivity index (χ3n) is 4.29. The van der Waals surface area contributed by atoms with Gasteiger partial charge in [0, 0.05) is 48.4 Å². The molecule has 0 amide bonds. The molecule has 3 N–H and O–H groups in total. The topological polar surface area (TPSA) is 81.1 Å². The smallest absolute Gasteiger partial charge is 0.158 e. The molecule has 0 aliphatic heterocycles. The Morgan fingerprint density at radius 1 is 1.17 bits per heavy atom. The lowest BCUT2D eigenvalue weighted by molar-refractivity contribution is 0.661. The summed E-state index contributed by atoms with van der Waals surface area (Å²) in [5.74, 6) is 1.05. The lowest BCUT2D eigenvalue weighted by atomic mass is 9.96. The van der Waals surface area contributed by atoms with Crippen molar-refractivity contribution in [2.75, 3.05) is 18.4 Å². The lowest BCUT2D eigenvalue weighted by Gasteiger charge is -2.20. The minimum absolute atomic E-state index is 0.594. The number of hydrogen-bond donors (Lipinski definition) is 2. The molecule has 0 saturated carbocycles. The van der Waals surface area contributed by atoms with Crippen LogP contribution in [0.2, 0.25) is 0 Å².